The molecule has 0 heterocycles. The second kappa shape index (κ2) is 11.1. The maximum absolute atomic E-state index is 6.93. The van der Waals surface area contributed by atoms with Crippen molar-refractivity contribution in [3.8, 4) is 0 Å². The molecule has 1 aliphatic carbocycles. The first kappa shape index (κ1) is 31.9. The first-order valence-electron chi connectivity index (χ1n) is 12.3. The van der Waals surface area contributed by atoms with Gasteiger partial charge in [-0.3, -0.25) is 0 Å². The molecule has 0 saturated heterocycles. The van der Waals surface area contributed by atoms with Crippen molar-refractivity contribution in [2.75, 3.05) is 7.11 Å². The van der Waals surface area contributed by atoms with Gasteiger partial charge in [-0.25, -0.2) is 0 Å². The molecule has 1 fully saturated rings. The van der Waals surface area contributed by atoms with Crippen LogP contribution in [0.15, 0.2) is 0 Å². The van der Waals surface area contributed by atoms with Crippen LogP contribution in [0.3, 0.4) is 0 Å². The molecule has 0 amide bonds. The van der Waals surface area contributed by atoms with Crippen LogP contribution in [0, 0.1) is 0 Å². The zero-order chi connectivity index (χ0) is 26.2. The molecule has 0 aliphatic heterocycles. The maximum atomic E-state index is 6.93. The van der Waals surface area contributed by atoms with Gasteiger partial charge in [0, 0.05) is 7.11 Å². The zero-order valence-electron chi connectivity index (χ0n) is 24.4. The molecule has 11 heteroatoms. The summed E-state index contributed by atoms with van der Waals surface area (Å²) in [6.07, 6.45) is -1.60. The number of ether oxygens (including phenoxy) is 1. The highest BCUT2D eigenvalue weighted by atomic mass is 28.4. The lowest BCUT2D eigenvalue weighted by Gasteiger charge is -2.55. The Morgan fingerprint density at radius 2 is 0.455 bits per heavy atom. The van der Waals surface area contributed by atoms with Crippen molar-refractivity contribution in [2.24, 2.45) is 0 Å². The molecule has 198 valence electrons. The van der Waals surface area contributed by atoms with E-state index in [2.05, 4.69) is 98.2 Å². The van der Waals surface area contributed by atoms with Gasteiger partial charge in [0.25, 0.3) is 0 Å². The summed E-state index contributed by atoms with van der Waals surface area (Å²) >= 11 is 0. The lowest BCUT2D eigenvalue weighted by molar-refractivity contribution is -0.207. The van der Waals surface area contributed by atoms with Crippen LogP contribution >= 0.6 is 0 Å². The van der Waals surface area contributed by atoms with Crippen molar-refractivity contribution in [3.63, 3.8) is 0 Å². The summed E-state index contributed by atoms with van der Waals surface area (Å²) in [5, 5.41) is 0. The minimum absolute atomic E-state index is 0.260. The number of hydrogen-bond donors (Lipinski definition) is 0. The van der Waals surface area contributed by atoms with Crippen molar-refractivity contribution in [1.82, 2.24) is 0 Å². The lowest BCUT2D eigenvalue weighted by Crippen LogP contribution is -2.72. The molecule has 33 heavy (non-hydrogen) atoms. The number of rotatable bonds is 11. The van der Waals surface area contributed by atoms with Gasteiger partial charge in [0.05, 0.1) is 0 Å². The molecule has 1 aliphatic rings. The van der Waals surface area contributed by atoms with Gasteiger partial charge in [-0.15, -0.1) is 0 Å². The molecular formula is C22H54O6Si5. The second-order valence-electron chi connectivity index (χ2n) is 14.2. The van der Waals surface area contributed by atoms with Gasteiger partial charge in [-0.05, 0) is 98.2 Å². The first-order chi connectivity index (χ1) is 14.4. The first-order valence-corrected chi connectivity index (χ1v) is 29.4. The third kappa shape index (κ3) is 11.6. The van der Waals surface area contributed by atoms with Crippen LogP contribution in [0.2, 0.25) is 98.2 Å². The molecule has 0 radical (unpaired) electrons. The van der Waals surface area contributed by atoms with Crippen LogP contribution in [0.4, 0.5) is 0 Å². The van der Waals surface area contributed by atoms with Gasteiger partial charge in [0.2, 0.25) is 0 Å². The van der Waals surface area contributed by atoms with E-state index in [4.69, 9.17) is 26.9 Å². The van der Waals surface area contributed by atoms with E-state index < -0.39 is 41.6 Å². The molecule has 0 N–H and O–H groups in total. The van der Waals surface area contributed by atoms with Crippen molar-refractivity contribution in [1.29, 1.82) is 0 Å². The summed E-state index contributed by atoms with van der Waals surface area (Å²) in [5.74, 6) is 0. The molecule has 0 aromatic rings. The molecule has 0 bridgehead atoms. The van der Waals surface area contributed by atoms with E-state index in [-0.39, 0.29) is 36.6 Å². The molecule has 0 spiro atoms. The zero-order valence-corrected chi connectivity index (χ0v) is 29.4. The van der Waals surface area contributed by atoms with E-state index in [9.17, 15) is 0 Å². The predicted octanol–water partition coefficient (Wildman–Crippen LogP) is 6.12. The van der Waals surface area contributed by atoms with E-state index in [1.54, 1.807) is 7.11 Å². The second-order valence-corrected chi connectivity index (χ2v) is 36.5. The molecule has 6 atom stereocenters. The smallest absolute Gasteiger partial charge is 0.184 e. The third-order valence-electron chi connectivity index (χ3n) is 4.66. The molecule has 4 unspecified atom stereocenters. The molecule has 1 saturated carbocycles. The molecule has 0 aromatic carbocycles. The highest BCUT2D eigenvalue weighted by Gasteiger charge is 2.57. The quantitative estimate of drug-likeness (QED) is 0.287. The van der Waals surface area contributed by atoms with Gasteiger partial charge in [0.1, 0.15) is 36.6 Å². The van der Waals surface area contributed by atoms with Gasteiger partial charge in [-0.1, -0.05) is 0 Å². The maximum Gasteiger partial charge on any atom is 0.184 e. The van der Waals surface area contributed by atoms with Crippen molar-refractivity contribution < 1.29 is 26.9 Å². The average molecular weight is 555 g/mol. The van der Waals surface area contributed by atoms with Crippen LogP contribution in [0.5, 0.6) is 0 Å². The average Bonchev–Trinajstić information content (AvgIpc) is 2.48. The van der Waals surface area contributed by atoms with Gasteiger partial charge >= 0.3 is 0 Å². The van der Waals surface area contributed by atoms with E-state index in [0.29, 0.717) is 0 Å². The van der Waals surface area contributed by atoms with Crippen molar-refractivity contribution >= 4 is 41.6 Å². The van der Waals surface area contributed by atoms with E-state index in [0.717, 1.165) is 0 Å². The fourth-order valence-electron chi connectivity index (χ4n) is 4.10. The third-order valence-corrected chi connectivity index (χ3v) is 9.56. The summed E-state index contributed by atoms with van der Waals surface area (Å²) < 4.78 is 40.6. The largest absolute Gasteiger partial charge is 0.409 e. The van der Waals surface area contributed by atoms with E-state index in [1.807, 2.05) is 0 Å². The Balaban J connectivity index is 3.77. The van der Waals surface area contributed by atoms with Crippen LogP contribution in [-0.2, 0) is 26.9 Å². The number of methoxy groups -OCH3 is 1. The van der Waals surface area contributed by atoms with Crippen molar-refractivity contribution in [3.05, 3.63) is 0 Å². The monoisotopic (exact) mass is 554 g/mol. The summed E-state index contributed by atoms with van der Waals surface area (Å²) in [5.41, 5.74) is 0. The topological polar surface area (TPSA) is 55.4 Å². The van der Waals surface area contributed by atoms with Gasteiger partial charge in [-0.2, -0.15) is 0 Å². The van der Waals surface area contributed by atoms with Crippen molar-refractivity contribution in [2.45, 2.75) is 135 Å². The van der Waals surface area contributed by atoms with Crippen LogP contribution in [0.25, 0.3) is 0 Å². The lowest BCUT2D eigenvalue weighted by atomic mass is 9.85. The Hall–Kier alpha value is 0.844. The summed E-state index contributed by atoms with van der Waals surface area (Å²) in [6, 6.07) is 0. The minimum Gasteiger partial charge on any atom is -0.409 e. The normalized spacial score (nSPS) is 30.5. The summed E-state index contributed by atoms with van der Waals surface area (Å²) in [7, 11) is -7.92. The Bertz CT molecular complexity index is 571. The van der Waals surface area contributed by atoms with Crippen LogP contribution < -0.4 is 0 Å². The standard InChI is InChI=1S/C22H54O6Si5/c1-23-17-18(24-29(2,3)4)20(26-31(8,9)10)22(28-33(14,15)16)21(27-32(11,12)13)19(17)25-30(5,6)7/h17-22H,1-16H3/t17?,18?,19?,20-,21+,22?. The van der Waals surface area contributed by atoms with E-state index >= 15 is 0 Å². The Labute approximate surface area is 210 Å². The van der Waals surface area contributed by atoms with Gasteiger partial charge in [0.15, 0.2) is 41.6 Å². The summed E-state index contributed by atoms with van der Waals surface area (Å²) in [6.45, 7) is 33.4. The molecule has 0 aromatic heterocycles. The Morgan fingerprint density at radius 3 is 0.576 bits per heavy atom. The van der Waals surface area contributed by atoms with Crippen LogP contribution in [-0.4, -0.2) is 85.3 Å². The fraction of sp³-hybridized carbons (Fsp3) is 1.00. The number of hydrogen-bond acceptors (Lipinski definition) is 6. The Morgan fingerprint density at radius 1 is 0.303 bits per heavy atom. The van der Waals surface area contributed by atoms with E-state index in [1.165, 1.54) is 0 Å². The minimum atomic E-state index is -1.95. The molecular weight excluding hydrogens is 501 g/mol. The van der Waals surface area contributed by atoms with Crippen LogP contribution in [0.1, 0.15) is 0 Å². The Kier molecular flexibility index (Phi) is 10.7. The molecule has 1 rings (SSSR count). The SMILES string of the molecule is COC1C(O[Si](C)(C)C)[C@@H](O[Si](C)(C)C)C(O[Si](C)(C)C)[C@@H](O[Si](C)(C)C)C1O[Si](C)(C)C. The predicted molar refractivity (Wildman–Crippen MR) is 152 cm³/mol. The fourth-order valence-corrected chi connectivity index (χ4v) is 9.53. The highest BCUT2D eigenvalue weighted by molar-refractivity contribution is 6.71. The van der Waals surface area contributed by atoms with Gasteiger partial charge < -0.3 is 26.9 Å². The summed E-state index contributed by atoms with van der Waals surface area (Å²) in [4.78, 5) is 0. The molecule has 6 nitrogen and oxygen atoms in total. The highest BCUT2D eigenvalue weighted by Crippen LogP contribution is 2.39.